The molecule has 1 unspecified atom stereocenters. The zero-order chi connectivity index (χ0) is 26.4. The normalized spacial score (nSPS) is 23.2. The Hall–Kier alpha value is -3.36. The van der Waals surface area contributed by atoms with E-state index in [-0.39, 0.29) is 24.3 Å². The van der Waals surface area contributed by atoms with Crippen LogP contribution in [0.15, 0.2) is 18.2 Å². The molecule has 6 rings (SSSR count). The number of carbonyl (C=O) groups is 3. The highest BCUT2D eigenvalue weighted by Gasteiger charge is 2.47. The van der Waals surface area contributed by atoms with Gasteiger partial charge in [-0.1, -0.05) is 12.1 Å². The number of benzene rings is 1. The second-order valence-electron chi connectivity index (χ2n) is 11.5. The largest absolute Gasteiger partial charge is 0.368 e. The van der Waals surface area contributed by atoms with E-state index < -0.39 is 5.41 Å². The maximum atomic E-state index is 13.6. The molecule has 1 N–H and O–H groups in total. The molecule has 202 valence electrons. The highest BCUT2D eigenvalue weighted by Crippen LogP contribution is 2.37. The van der Waals surface area contributed by atoms with Gasteiger partial charge in [-0.2, -0.15) is 5.10 Å². The molecule has 9 nitrogen and oxygen atoms in total. The van der Waals surface area contributed by atoms with Crippen LogP contribution in [-0.2, 0) is 29.0 Å². The van der Waals surface area contributed by atoms with Crippen molar-refractivity contribution in [3.05, 3.63) is 46.3 Å². The number of hydrogen-bond acceptors (Lipinski definition) is 5. The molecule has 1 aromatic heterocycles. The predicted octanol–water partition coefficient (Wildman–Crippen LogP) is 2.08. The number of nitrogens with one attached hydrogen (secondary N) is 1. The molecule has 38 heavy (non-hydrogen) atoms. The van der Waals surface area contributed by atoms with E-state index in [0.29, 0.717) is 38.4 Å². The van der Waals surface area contributed by atoms with Gasteiger partial charge in [0, 0.05) is 62.8 Å². The summed E-state index contributed by atoms with van der Waals surface area (Å²) in [6.45, 7) is 9.24. The number of amides is 3. The number of carbonyl (C=O) groups excluding carboxylic acids is 3. The van der Waals surface area contributed by atoms with E-state index in [1.165, 1.54) is 16.8 Å². The summed E-state index contributed by atoms with van der Waals surface area (Å²) in [6, 6.07) is 6.39. The van der Waals surface area contributed by atoms with E-state index in [2.05, 4.69) is 42.3 Å². The number of piperidine rings is 1. The van der Waals surface area contributed by atoms with Crippen LogP contribution in [0.1, 0.15) is 58.6 Å². The van der Waals surface area contributed by atoms with Crippen LogP contribution in [-0.4, -0.2) is 83.1 Å². The van der Waals surface area contributed by atoms with Crippen LogP contribution in [0, 0.1) is 19.3 Å². The van der Waals surface area contributed by atoms with E-state index in [0.717, 1.165) is 62.9 Å². The van der Waals surface area contributed by atoms with E-state index in [9.17, 15) is 14.4 Å². The summed E-state index contributed by atoms with van der Waals surface area (Å²) in [5.41, 5.74) is 5.89. The molecule has 3 aliphatic heterocycles. The van der Waals surface area contributed by atoms with Gasteiger partial charge in [-0.3, -0.25) is 19.1 Å². The molecule has 9 heteroatoms. The van der Waals surface area contributed by atoms with E-state index in [1.54, 1.807) is 4.68 Å². The number of aromatic nitrogens is 2. The maximum Gasteiger partial charge on any atom is 0.274 e. The molecule has 3 fully saturated rings. The van der Waals surface area contributed by atoms with Gasteiger partial charge in [0.15, 0.2) is 5.69 Å². The number of aryl methyl sites for hydroxylation is 1. The fraction of sp³-hybridized carbons (Fsp3) is 0.586. The van der Waals surface area contributed by atoms with Crippen molar-refractivity contribution in [3.63, 3.8) is 0 Å². The Morgan fingerprint density at radius 2 is 1.82 bits per heavy atom. The smallest absolute Gasteiger partial charge is 0.274 e. The molecule has 0 bridgehead atoms. The molecule has 1 atom stereocenters. The second kappa shape index (κ2) is 9.75. The average Bonchev–Trinajstić information content (AvgIpc) is 3.63. The van der Waals surface area contributed by atoms with Gasteiger partial charge in [0.25, 0.3) is 5.91 Å². The predicted molar refractivity (Wildman–Crippen MR) is 144 cm³/mol. The lowest BCUT2D eigenvalue weighted by atomic mass is 9.78. The average molecular weight is 519 g/mol. The summed E-state index contributed by atoms with van der Waals surface area (Å²) in [7, 11) is 0. The first-order valence-electron chi connectivity index (χ1n) is 14.1. The molecule has 4 aliphatic rings. The zero-order valence-electron chi connectivity index (χ0n) is 22.6. The van der Waals surface area contributed by atoms with Gasteiger partial charge in [0.05, 0.1) is 5.41 Å². The molecule has 1 aromatic carbocycles. The summed E-state index contributed by atoms with van der Waals surface area (Å²) in [5.74, 6) is 0.0469. The van der Waals surface area contributed by atoms with Gasteiger partial charge >= 0.3 is 0 Å². The quantitative estimate of drug-likeness (QED) is 0.669. The molecule has 1 spiro atoms. The Morgan fingerprint density at radius 1 is 1.00 bits per heavy atom. The lowest BCUT2D eigenvalue weighted by Gasteiger charge is -2.38. The molecular weight excluding hydrogens is 480 g/mol. The van der Waals surface area contributed by atoms with Gasteiger partial charge < -0.3 is 20.0 Å². The minimum atomic E-state index is -0.450. The minimum absolute atomic E-state index is 0.0568. The molecular formula is C29H38N6O3. The molecule has 3 amide bonds. The molecule has 4 heterocycles. The van der Waals surface area contributed by atoms with Crippen LogP contribution in [0.25, 0.3) is 0 Å². The molecule has 1 aliphatic carbocycles. The number of fused-ring (bicyclic) bond motifs is 1. The first kappa shape index (κ1) is 24.9. The molecule has 3 saturated heterocycles. The van der Waals surface area contributed by atoms with E-state index in [1.807, 2.05) is 9.80 Å². The third-order valence-corrected chi connectivity index (χ3v) is 9.28. The maximum absolute atomic E-state index is 13.6. The van der Waals surface area contributed by atoms with Crippen molar-refractivity contribution in [2.45, 2.75) is 58.9 Å². The Labute approximate surface area is 224 Å². The van der Waals surface area contributed by atoms with Crippen LogP contribution >= 0.6 is 0 Å². The summed E-state index contributed by atoms with van der Waals surface area (Å²) in [5, 5.41) is 7.68. The van der Waals surface area contributed by atoms with Gasteiger partial charge in [0.2, 0.25) is 11.8 Å². The Bertz CT molecular complexity index is 1280. The number of hydrogen-bond donors (Lipinski definition) is 1. The van der Waals surface area contributed by atoms with Crippen LogP contribution in [0.3, 0.4) is 0 Å². The monoisotopic (exact) mass is 518 g/mol. The van der Waals surface area contributed by atoms with Crippen molar-refractivity contribution in [3.8, 4) is 0 Å². The fourth-order valence-electron chi connectivity index (χ4n) is 6.88. The van der Waals surface area contributed by atoms with Crippen molar-refractivity contribution in [2.75, 3.05) is 50.7 Å². The minimum Gasteiger partial charge on any atom is -0.368 e. The third kappa shape index (κ3) is 4.25. The van der Waals surface area contributed by atoms with E-state index >= 15 is 0 Å². The number of piperazine rings is 1. The summed E-state index contributed by atoms with van der Waals surface area (Å²) in [6.07, 6.45) is 5.08. The van der Waals surface area contributed by atoms with Gasteiger partial charge in [-0.25, -0.2) is 0 Å². The summed E-state index contributed by atoms with van der Waals surface area (Å²) >= 11 is 0. The summed E-state index contributed by atoms with van der Waals surface area (Å²) < 4.78 is 1.79. The van der Waals surface area contributed by atoms with Crippen LogP contribution in [0.4, 0.5) is 5.69 Å². The standard InChI is InChI=1S/C29H38N6O3/c1-20-6-3-8-23(21(20)2)32-14-16-33(17-15-32)25(36)18-35-24-9-4-7-22(24)26(31-35)27(37)34-13-5-10-29(19-34)11-12-30-28(29)38/h3,6,8H,4-5,7,9-19H2,1-2H3,(H,30,38). The number of nitrogens with zero attached hydrogens (tertiary/aromatic N) is 5. The van der Waals surface area contributed by atoms with Gasteiger partial charge in [-0.05, 0) is 69.6 Å². The van der Waals surface area contributed by atoms with Gasteiger partial charge in [0.1, 0.15) is 6.54 Å². The van der Waals surface area contributed by atoms with Crippen LogP contribution < -0.4 is 10.2 Å². The highest BCUT2D eigenvalue weighted by atomic mass is 16.2. The zero-order valence-corrected chi connectivity index (χ0v) is 22.6. The van der Waals surface area contributed by atoms with Crippen LogP contribution in [0.2, 0.25) is 0 Å². The van der Waals surface area contributed by atoms with Crippen molar-refractivity contribution >= 4 is 23.4 Å². The van der Waals surface area contributed by atoms with Crippen molar-refractivity contribution in [2.24, 2.45) is 5.41 Å². The molecule has 0 saturated carbocycles. The van der Waals surface area contributed by atoms with E-state index in [4.69, 9.17) is 5.10 Å². The first-order chi connectivity index (χ1) is 18.4. The number of anilines is 1. The molecule has 0 radical (unpaired) electrons. The highest BCUT2D eigenvalue weighted by molar-refractivity contribution is 5.95. The Balaban J connectivity index is 1.13. The van der Waals surface area contributed by atoms with Crippen LogP contribution in [0.5, 0.6) is 0 Å². The topological polar surface area (TPSA) is 90.8 Å². The van der Waals surface area contributed by atoms with Crippen molar-refractivity contribution in [1.29, 1.82) is 0 Å². The molecule has 2 aromatic rings. The number of rotatable bonds is 4. The third-order valence-electron chi connectivity index (χ3n) is 9.28. The number of likely N-dealkylation sites (tertiary alicyclic amines) is 1. The summed E-state index contributed by atoms with van der Waals surface area (Å²) in [4.78, 5) is 45.6. The SMILES string of the molecule is Cc1cccc(N2CCN(C(=O)Cn3nc(C(=O)N4CCCC5(CCNC5=O)C4)c4c3CCC4)CC2)c1C. The lowest BCUT2D eigenvalue weighted by Crippen LogP contribution is -2.50. The second-order valence-corrected chi connectivity index (χ2v) is 11.5. The first-order valence-corrected chi connectivity index (χ1v) is 14.1. The van der Waals surface area contributed by atoms with Gasteiger partial charge in [-0.15, -0.1) is 0 Å². The fourth-order valence-corrected chi connectivity index (χ4v) is 6.88. The van der Waals surface area contributed by atoms with Crippen molar-refractivity contribution in [1.82, 2.24) is 24.9 Å². The Morgan fingerprint density at radius 3 is 2.58 bits per heavy atom. The van der Waals surface area contributed by atoms with Crippen molar-refractivity contribution < 1.29 is 14.4 Å². The Kier molecular flexibility index (Phi) is 6.40. The lowest BCUT2D eigenvalue weighted by molar-refractivity contribution is -0.132.